The van der Waals surface area contributed by atoms with E-state index in [1.54, 1.807) is 0 Å². The van der Waals surface area contributed by atoms with Crippen molar-refractivity contribution in [1.29, 1.82) is 0 Å². The third-order valence-corrected chi connectivity index (χ3v) is 6.65. The summed E-state index contributed by atoms with van der Waals surface area (Å²) >= 11 is 0. The summed E-state index contributed by atoms with van der Waals surface area (Å²) < 4.78 is 0. The molecule has 2 heteroatoms. The summed E-state index contributed by atoms with van der Waals surface area (Å²) in [6.07, 6.45) is 0. The second kappa shape index (κ2) is 10.9. The van der Waals surface area contributed by atoms with E-state index in [0.29, 0.717) is 0 Å². The van der Waals surface area contributed by atoms with Crippen molar-refractivity contribution < 1.29 is 0 Å². The molecule has 2 nitrogen and oxygen atoms in total. The Hall–Kier alpha value is -5.08. The molecule has 1 N–H and O–H groups in total. The molecule has 0 amide bonds. The van der Waals surface area contributed by atoms with Crippen LogP contribution in [0.15, 0.2) is 164 Å². The molecular weight excluding hydrogens is 460 g/mol. The van der Waals surface area contributed by atoms with Crippen LogP contribution in [0.1, 0.15) is 0 Å². The number of para-hydroxylation sites is 2. The molecule has 0 fully saturated rings. The molecule has 6 aromatic carbocycles. The normalized spacial score (nSPS) is 10.6. The van der Waals surface area contributed by atoms with Crippen LogP contribution in [0.2, 0.25) is 0 Å². The first-order chi connectivity index (χ1) is 18.8. The molecule has 0 atom stereocenters. The second-order valence-electron chi connectivity index (χ2n) is 9.20. The Labute approximate surface area is 224 Å². The van der Waals surface area contributed by atoms with Crippen molar-refractivity contribution in [3.63, 3.8) is 0 Å². The number of nitrogens with one attached hydrogen (secondary N) is 1. The highest BCUT2D eigenvalue weighted by atomic mass is 15.1. The molecular formula is C36H28N2. The maximum Gasteiger partial charge on any atom is 0.0462 e. The lowest BCUT2D eigenvalue weighted by atomic mass is 10.0. The molecule has 0 saturated heterocycles. The van der Waals surface area contributed by atoms with E-state index in [9.17, 15) is 0 Å². The van der Waals surface area contributed by atoms with Crippen molar-refractivity contribution in [1.82, 2.24) is 0 Å². The Morgan fingerprint density at radius 3 is 1.03 bits per heavy atom. The molecule has 0 bridgehead atoms. The van der Waals surface area contributed by atoms with Gasteiger partial charge in [0.2, 0.25) is 0 Å². The van der Waals surface area contributed by atoms with Crippen LogP contribution < -0.4 is 10.2 Å². The van der Waals surface area contributed by atoms with Crippen LogP contribution in [0.4, 0.5) is 28.4 Å². The fourth-order valence-corrected chi connectivity index (χ4v) is 4.69. The zero-order valence-electron chi connectivity index (χ0n) is 21.0. The zero-order valence-corrected chi connectivity index (χ0v) is 21.0. The Bertz CT molecular complexity index is 1540. The second-order valence-corrected chi connectivity index (χ2v) is 9.20. The van der Waals surface area contributed by atoms with E-state index in [2.05, 4.69) is 156 Å². The predicted molar refractivity (Wildman–Crippen MR) is 162 cm³/mol. The fourth-order valence-electron chi connectivity index (χ4n) is 4.69. The van der Waals surface area contributed by atoms with Crippen LogP contribution >= 0.6 is 0 Å². The Morgan fingerprint density at radius 2 is 0.605 bits per heavy atom. The lowest BCUT2D eigenvalue weighted by molar-refractivity contribution is 1.28. The molecule has 0 aliphatic rings. The molecule has 0 aliphatic heterocycles. The summed E-state index contributed by atoms with van der Waals surface area (Å²) in [5, 5.41) is 3.51. The van der Waals surface area contributed by atoms with Crippen molar-refractivity contribution in [2.24, 2.45) is 0 Å². The Balaban J connectivity index is 1.18. The van der Waals surface area contributed by atoms with E-state index in [-0.39, 0.29) is 0 Å². The lowest BCUT2D eigenvalue weighted by Gasteiger charge is -2.25. The minimum atomic E-state index is 1.07. The highest BCUT2D eigenvalue weighted by Gasteiger charge is 2.12. The monoisotopic (exact) mass is 488 g/mol. The number of hydrogen-bond acceptors (Lipinski definition) is 2. The van der Waals surface area contributed by atoms with Gasteiger partial charge in [-0.05, 0) is 82.9 Å². The first-order valence-electron chi connectivity index (χ1n) is 12.9. The van der Waals surface area contributed by atoms with Gasteiger partial charge < -0.3 is 10.2 Å². The largest absolute Gasteiger partial charge is 0.356 e. The molecule has 0 aliphatic carbocycles. The quantitative estimate of drug-likeness (QED) is 0.240. The maximum absolute atomic E-state index is 3.51. The minimum absolute atomic E-state index is 1.07. The van der Waals surface area contributed by atoms with Gasteiger partial charge in [-0.15, -0.1) is 0 Å². The van der Waals surface area contributed by atoms with Gasteiger partial charge in [0, 0.05) is 28.4 Å². The number of hydrogen-bond donors (Lipinski definition) is 1. The number of nitrogens with zero attached hydrogens (tertiary/aromatic N) is 1. The average molecular weight is 489 g/mol. The molecule has 0 heterocycles. The predicted octanol–water partition coefficient (Wildman–Crippen LogP) is 10.2. The molecule has 0 saturated carbocycles. The molecule has 0 spiro atoms. The molecule has 0 unspecified atom stereocenters. The van der Waals surface area contributed by atoms with E-state index in [0.717, 1.165) is 28.4 Å². The van der Waals surface area contributed by atoms with Crippen LogP contribution in [-0.2, 0) is 0 Å². The van der Waals surface area contributed by atoms with Crippen LogP contribution in [0.25, 0.3) is 22.3 Å². The Morgan fingerprint density at radius 1 is 0.289 bits per heavy atom. The van der Waals surface area contributed by atoms with Crippen LogP contribution in [0, 0.1) is 0 Å². The highest BCUT2D eigenvalue weighted by Crippen LogP contribution is 2.35. The summed E-state index contributed by atoms with van der Waals surface area (Å²) in [7, 11) is 0. The van der Waals surface area contributed by atoms with Gasteiger partial charge in [0.1, 0.15) is 0 Å². The van der Waals surface area contributed by atoms with E-state index in [4.69, 9.17) is 0 Å². The first kappa shape index (κ1) is 23.3. The molecule has 0 radical (unpaired) electrons. The van der Waals surface area contributed by atoms with Crippen molar-refractivity contribution >= 4 is 28.4 Å². The van der Waals surface area contributed by atoms with Crippen LogP contribution in [0.3, 0.4) is 0 Å². The minimum Gasteiger partial charge on any atom is -0.356 e. The topological polar surface area (TPSA) is 15.3 Å². The summed E-state index contributed by atoms with van der Waals surface area (Å²) in [6, 6.07) is 57.3. The number of rotatable bonds is 7. The summed E-state index contributed by atoms with van der Waals surface area (Å²) in [4.78, 5) is 2.28. The highest BCUT2D eigenvalue weighted by molar-refractivity contribution is 5.78. The van der Waals surface area contributed by atoms with Crippen molar-refractivity contribution in [2.45, 2.75) is 0 Å². The van der Waals surface area contributed by atoms with Crippen LogP contribution in [-0.4, -0.2) is 0 Å². The van der Waals surface area contributed by atoms with Gasteiger partial charge in [-0.25, -0.2) is 0 Å². The summed E-state index contributed by atoms with van der Waals surface area (Å²) in [6.45, 7) is 0. The Kier molecular flexibility index (Phi) is 6.69. The third kappa shape index (κ3) is 5.21. The van der Waals surface area contributed by atoms with Crippen LogP contribution in [0.5, 0.6) is 0 Å². The first-order valence-corrected chi connectivity index (χ1v) is 12.9. The van der Waals surface area contributed by atoms with Gasteiger partial charge in [0.05, 0.1) is 0 Å². The van der Waals surface area contributed by atoms with Crippen molar-refractivity contribution in [2.75, 3.05) is 10.2 Å². The average Bonchev–Trinajstić information content (AvgIpc) is 3.00. The van der Waals surface area contributed by atoms with Gasteiger partial charge in [0.15, 0.2) is 0 Å². The molecule has 6 rings (SSSR count). The van der Waals surface area contributed by atoms with Gasteiger partial charge in [-0.2, -0.15) is 0 Å². The van der Waals surface area contributed by atoms with Gasteiger partial charge in [-0.1, -0.05) is 103 Å². The summed E-state index contributed by atoms with van der Waals surface area (Å²) in [5.74, 6) is 0. The van der Waals surface area contributed by atoms with E-state index in [1.165, 1.54) is 22.3 Å². The smallest absolute Gasteiger partial charge is 0.0462 e. The van der Waals surface area contributed by atoms with E-state index < -0.39 is 0 Å². The standard InChI is InChI=1S/C36H28N2/c1-4-10-28(11-5-1)29-16-22-32(23-17-29)37-33-24-18-30(19-25-33)31-20-26-36(27-21-31)38(34-12-6-2-7-13-34)35-14-8-3-9-15-35/h1-27,37H. The van der Waals surface area contributed by atoms with Gasteiger partial charge in [0.25, 0.3) is 0 Å². The maximum atomic E-state index is 3.51. The molecule has 0 aromatic heterocycles. The SMILES string of the molecule is c1ccc(-c2ccc(Nc3ccc(-c4ccc(N(c5ccccc5)c5ccccc5)cc4)cc3)cc2)cc1. The van der Waals surface area contributed by atoms with E-state index in [1.807, 2.05) is 18.2 Å². The molecule has 182 valence electrons. The molecule has 6 aromatic rings. The lowest BCUT2D eigenvalue weighted by Crippen LogP contribution is -2.09. The fraction of sp³-hybridized carbons (Fsp3) is 0. The van der Waals surface area contributed by atoms with Crippen molar-refractivity contribution in [3.8, 4) is 22.3 Å². The third-order valence-electron chi connectivity index (χ3n) is 6.65. The van der Waals surface area contributed by atoms with Gasteiger partial charge >= 0.3 is 0 Å². The number of benzene rings is 6. The zero-order chi connectivity index (χ0) is 25.6. The summed E-state index contributed by atoms with van der Waals surface area (Å²) in [5.41, 5.74) is 10.4. The van der Waals surface area contributed by atoms with E-state index >= 15 is 0 Å². The van der Waals surface area contributed by atoms with Gasteiger partial charge in [-0.3, -0.25) is 0 Å². The number of anilines is 5. The van der Waals surface area contributed by atoms with Crippen molar-refractivity contribution in [3.05, 3.63) is 164 Å². The molecule has 38 heavy (non-hydrogen) atoms.